The molecule has 11 aromatic rings. The Hall–Kier alpha value is -6.42. The van der Waals surface area contributed by atoms with Crippen LogP contribution in [-0.2, 0) is 0 Å². The minimum Gasteiger partial charge on any atom is -0.456 e. The predicted molar refractivity (Wildman–Crippen MR) is 219 cm³/mol. The van der Waals surface area contributed by atoms with Crippen molar-refractivity contribution in [1.29, 1.82) is 0 Å². The van der Waals surface area contributed by atoms with Crippen molar-refractivity contribution >= 4 is 103 Å². The molecule has 0 fully saturated rings. The summed E-state index contributed by atoms with van der Waals surface area (Å²) < 4.78 is 9.22. The first kappa shape index (κ1) is 28.4. The highest BCUT2D eigenvalue weighted by Gasteiger charge is 2.23. The summed E-state index contributed by atoms with van der Waals surface area (Å²) in [5.74, 6) is 0. The van der Waals surface area contributed by atoms with E-state index in [0.29, 0.717) is 0 Å². The molecule has 3 heteroatoms. The topological polar surface area (TPSA) is 16.4 Å². The molecule has 0 saturated carbocycles. The summed E-state index contributed by atoms with van der Waals surface area (Å²) in [6.07, 6.45) is 0. The van der Waals surface area contributed by atoms with Crippen LogP contribution in [0.1, 0.15) is 0 Å². The van der Waals surface area contributed by atoms with Crippen LogP contribution in [-0.4, -0.2) is 0 Å². The summed E-state index contributed by atoms with van der Waals surface area (Å²) in [5, 5.41) is 12.3. The molecule has 0 aliphatic heterocycles. The zero-order chi connectivity index (χ0) is 33.5. The summed E-state index contributed by atoms with van der Waals surface area (Å²) in [7, 11) is 0. The highest BCUT2D eigenvalue weighted by Crippen LogP contribution is 2.49. The van der Waals surface area contributed by atoms with Crippen LogP contribution in [0.4, 0.5) is 17.1 Å². The average molecular weight is 668 g/mol. The van der Waals surface area contributed by atoms with Gasteiger partial charge in [0, 0.05) is 36.6 Å². The van der Waals surface area contributed by atoms with Crippen LogP contribution in [0.5, 0.6) is 0 Å². The van der Waals surface area contributed by atoms with Gasteiger partial charge in [0.15, 0.2) is 0 Å². The van der Waals surface area contributed by atoms with Crippen LogP contribution < -0.4 is 4.90 Å². The van der Waals surface area contributed by atoms with Gasteiger partial charge in [-0.25, -0.2) is 0 Å². The lowest BCUT2D eigenvalue weighted by atomic mass is 10.00. The molecule has 0 saturated heterocycles. The number of nitrogens with zero attached hydrogens (tertiary/aromatic N) is 1. The van der Waals surface area contributed by atoms with E-state index in [9.17, 15) is 0 Å². The van der Waals surface area contributed by atoms with E-state index in [-0.39, 0.29) is 0 Å². The van der Waals surface area contributed by atoms with Gasteiger partial charge in [-0.15, -0.1) is 11.3 Å². The van der Waals surface area contributed by atoms with Crippen molar-refractivity contribution in [2.24, 2.45) is 0 Å². The standard InChI is InChI=1S/C48H29NOS/c1-2-11-33-27-36(20-19-30(33)9-1)31-21-23-37(24-22-31)49(41-16-7-14-32-10-5-6-15-38(32)41)42-17-8-18-43-46(42)47-44(50-43)26-25-39-40-28-34-12-3-4-13-35(34)29-45(40)51-48(39)47/h1-29H. The highest BCUT2D eigenvalue weighted by atomic mass is 32.1. The summed E-state index contributed by atoms with van der Waals surface area (Å²) in [6, 6.07) is 63.7. The number of thiophene rings is 1. The van der Waals surface area contributed by atoms with Gasteiger partial charge in [-0.3, -0.25) is 0 Å². The third-order valence-corrected chi connectivity index (χ3v) is 11.6. The molecule has 0 atom stereocenters. The van der Waals surface area contributed by atoms with Crippen LogP contribution in [0.15, 0.2) is 180 Å². The molecule has 0 radical (unpaired) electrons. The molecule has 0 aliphatic carbocycles. The Balaban J connectivity index is 1.17. The fourth-order valence-corrected chi connectivity index (χ4v) is 9.25. The van der Waals surface area contributed by atoms with Gasteiger partial charge >= 0.3 is 0 Å². The first-order chi connectivity index (χ1) is 25.3. The Labute approximate surface area is 298 Å². The van der Waals surface area contributed by atoms with Crippen molar-refractivity contribution in [3.05, 3.63) is 176 Å². The maximum Gasteiger partial charge on any atom is 0.137 e. The molecule has 0 bridgehead atoms. The molecule has 0 N–H and O–H groups in total. The fourth-order valence-electron chi connectivity index (χ4n) is 7.97. The van der Waals surface area contributed by atoms with E-state index in [2.05, 4.69) is 181 Å². The third-order valence-electron chi connectivity index (χ3n) is 10.4. The molecule has 2 nitrogen and oxygen atoms in total. The van der Waals surface area contributed by atoms with Gasteiger partial charge in [0.05, 0.1) is 16.8 Å². The molecule has 2 heterocycles. The first-order valence-corrected chi connectivity index (χ1v) is 18.1. The molecule has 9 aromatic carbocycles. The van der Waals surface area contributed by atoms with Gasteiger partial charge in [0.1, 0.15) is 11.2 Å². The molecule has 0 unspecified atom stereocenters. The largest absolute Gasteiger partial charge is 0.456 e. The van der Waals surface area contributed by atoms with E-state index < -0.39 is 0 Å². The van der Waals surface area contributed by atoms with E-state index >= 15 is 0 Å². The van der Waals surface area contributed by atoms with E-state index in [0.717, 1.165) is 33.6 Å². The smallest absolute Gasteiger partial charge is 0.137 e. The predicted octanol–water partition coefficient (Wildman–Crippen LogP) is 14.6. The number of furan rings is 1. The monoisotopic (exact) mass is 667 g/mol. The van der Waals surface area contributed by atoms with Crippen LogP contribution in [0, 0.1) is 0 Å². The van der Waals surface area contributed by atoms with Gasteiger partial charge in [-0.05, 0) is 98.7 Å². The fraction of sp³-hybridized carbons (Fsp3) is 0. The quantitative estimate of drug-likeness (QED) is 0.186. The van der Waals surface area contributed by atoms with Gasteiger partial charge in [-0.2, -0.15) is 0 Å². The molecule has 0 aliphatic rings. The molecular formula is C48H29NOS. The zero-order valence-corrected chi connectivity index (χ0v) is 28.3. The molecule has 2 aromatic heterocycles. The van der Waals surface area contributed by atoms with Crippen molar-refractivity contribution in [2.75, 3.05) is 4.90 Å². The second kappa shape index (κ2) is 11.0. The number of fused-ring (bicyclic) bond motifs is 10. The van der Waals surface area contributed by atoms with E-state index in [1.165, 1.54) is 69.0 Å². The van der Waals surface area contributed by atoms with Gasteiger partial charge in [-0.1, -0.05) is 115 Å². The minimum absolute atomic E-state index is 0.885. The summed E-state index contributed by atoms with van der Waals surface area (Å²) in [5.41, 5.74) is 7.50. The van der Waals surface area contributed by atoms with E-state index in [1.807, 2.05) is 11.3 Å². The lowest BCUT2D eigenvalue weighted by Gasteiger charge is -2.27. The van der Waals surface area contributed by atoms with Crippen molar-refractivity contribution < 1.29 is 4.42 Å². The maximum absolute atomic E-state index is 6.68. The second-order valence-electron chi connectivity index (χ2n) is 13.3. The Morgan fingerprint density at radius 3 is 1.88 bits per heavy atom. The number of rotatable bonds is 4. The average Bonchev–Trinajstić information content (AvgIpc) is 3.75. The van der Waals surface area contributed by atoms with Gasteiger partial charge < -0.3 is 9.32 Å². The van der Waals surface area contributed by atoms with Crippen molar-refractivity contribution in [3.8, 4) is 11.1 Å². The van der Waals surface area contributed by atoms with Crippen molar-refractivity contribution in [1.82, 2.24) is 0 Å². The summed E-state index contributed by atoms with van der Waals surface area (Å²) in [4.78, 5) is 2.42. The minimum atomic E-state index is 0.885. The molecule has 0 spiro atoms. The molecule has 11 rings (SSSR count). The zero-order valence-electron chi connectivity index (χ0n) is 27.5. The Kier molecular flexibility index (Phi) is 6.16. The van der Waals surface area contributed by atoms with Crippen molar-refractivity contribution in [2.45, 2.75) is 0 Å². The Bertz CT molecular complexity index is 3140. The molecule has 238 valence electrons. The lowest BCUT2D eigenvalue weighted by molar-refractivity contribution is 0.669. The van der Waals surface area contributed by atoms with Crippen LogP contribution >= 0.6 is 11.3 Å². The van der Waals surface area contributed by atoms with E-state index in [1.54, 1.807) is 0 Å². The Morgan fingerprint density at radius 2 is 1.04 bits per heavy atom. The molecule has 0 amide bonds. The number of benzene rings is 9. The highest BCUT2D eigenvalue weighted by molar-refractivity contribution is 7.26. The third kappa shape index (κ3) is 4.42. The maximum atomic E-state index is 6.68. The van der Waals surface area contributed by atoms with Gasteiger partial charge in [0.2, 0.25) is 0 Å². The summed E-state index contributed by atoms with van der Waals surface area (Å²) >= 11 is 1.86. The second-order valence-corrected chi connectivity index (χ2v) is 14.4. The molecule has 51 heavy (non-hydrogen) atoms. The van der Waals surface area contributed by atoms with Crippen LogP contribution in [0.3, 0.4) is 0 Å². The van der Waals surface area contributed by atoms with Gasteiger partial charge in [0.25, 0.3) is 0 Å². The number of hydrogen-bond donors (Lipinski definition) is 0. The SMILES string of the molecule is c1ccc2cc(-c3ccc(N(c4cccc5ccccc45)c4cccc5oc6ccc7c8cc9ccccc9cc8sc7c6c45)cc3)ccc2c1. The van der Waals surface area contributed by atoms with Crippen molar-refractivity contribution in [3.63, 3.8) is 0 Å². The summed E-state index contributed by atoms with van der Waals surface area (Å²) in [6.45, 7) is 0. The number of anilines is 3. The Morgan fingerprint density at radius 1 is 0.392 bits per heavy atom. The van der Waals surface area contributed by atoms with E-state index in [4.69, 9.17) is 4.42 Å². The normalized spacial score (nSPS) is 11.9. The first-order valence-electron chi connectivity index (χ1n) is 17.3. The lowest BCUT2D eigenvalue weighted by Crippen LogP contribution is -2.10. The van der Waals surface area contributed by atoms with Crippen LogP contribution in [0.25, 0.3) is 85.6 Å². The van der Waals surface area contributed by atoms with Crippen LogP contribution in [0.2, 0.25) is 0 Å². The number of hydrogen-bond acceptors (Lipinski definition) is 3. The molecular weight excluding hydrogens is 639 g/mol.